The fraction of sp³-hybridized carbons (Fsp3) is 0.250. The van der Waals surface area contributed by atoms with E-state index < -0.39 is 5.97 Å². The van der Waals surface area contributed by atoms with Gasteiger partial charge < -0.3 is 9.84 Å². The standard InChI is InChI=1S/C8H8BrNO3/c1-4-3-5(9)7(11)6(10-4)8(12)13-2/h3,11H,1-2H3. The molecular weight excluding hydrogens is 238 g/mol. The Hall–Kier alpha value is -1.10. The van der Waals surface area contributed by atoms with Crippen molar-refractivity contribution in [2.45, 2.75) is 6.92 Å². The highest BCUT2D eigenvalue weighted by Crippen LogP contribution is 2.27. The van der Waals surface area contributed by atoms with E-state index >= 15 is 0 Å². The summed E-state index contributed by atoms with van der Waals surface area (Å²) in [5.41, 5.74) is 0.555. The van der Waals surface area contributed by atoms with Crippen LogP contribution in [0.3, 0.4) is 0 Å². The van der Waals surface area contributed by atoms with Crippen LogP contribution in [-0.2, 0) is 4.74 Å². The average molecular weight is 246 g/mol. The Morgan fingerprint density at radius 3 is 2.85 bits per heavy atom. The maximum absolute atomic E-state index is 11.1. The van der Waals surface area contributed by atoms with Crippen LogP contribution in [-0.4, -0.2) is 23.2 Å². The number of rotatable bonds is 1. The van der Waals surface area contributed by atoms with Crippen molar-refractivity contribution in [3.8, 4) is 5.75 Å². The molecule has 13 heavy (non-hydrogen) atoms. The van der Waals surface area contributed by atoms with Crippen molar-refractivity contribution in [2.75, 3.05) is 7.11 Å². The van der Waals surface area contributed by atoms with E-state index in [1.54, 1.807) is 13.0 Å². The number of carbonyl (C=O) groups excluding carboxylic acids is 1. The molecule has 0 saturated heterocycles. The Morgan fingerprint density at radius 1 is 1.69 bits per heavy atom. The van der Waals surface area contributed by atoms with Crippen LogP contribution in [0, 0.1) is 6.92 Å². The van der Waals surface area contributed by atoms with Crippen molar-refractivity contribution in [2.24, 2.45) is 0 Å². The number of aromatic nitrogens is 1. The Morgan fingerprint density at radius 2 is 2.31 bits per heavy atom. The third kappa shape index (κ3) is 1.98. The number of hydrogen-bond donors (Lipinski definition) is 1. The number of carbonyl (C=O) groups is 1. The van der Waals surface area contributed by atoms with Crippen molar-refractivity contribution in [3.05, 3.63) is 21.9 Å². The first kappa shape index (κ1) is 9.98. The first-order valence-corrected chi connectivity index (χ1v) is 4.30. The minimum absolute atomic E-state index is 0.0747. The van der Waals surface area contributed by atoms with Gasteiger partial charge in [-0.25, -0.2) is 9.78 Å². The van der Waals surface area contributed by atoms with Crippen molar-refractivity contribution in [1.82, 2.24) is 4.98 Å². The van der Waals surface area contributed by atoms with Gasteiger partial charge in [-0.1, -0.05) is 0 Å². The lowest BCUT2D eigenvalue weighted by Crippen LogP contribution is -2.05. The summed E-state index contributed by atoms with van der Waals surface area (Å²) in [5, 5.41) is 9.41. The molecule has 0 aliphatic heterocycles. The van der Waals surface area contributed by atoms with Gasteiger partial charge in [-0.3, -0.25) is 0 Å². The zero-order chi connectivity index (χ0) is 10.0. The Bertz CT molecular complexity index is 351. The van der Waals surface area contributed by atoms with Gasteiger partial charge in [0.05, 0.1) is 11.6 Å². The van der Waals surface area contributed by atoms with Crippen LogP contribution in [0.2, 0.25) is 0 Å². The second-order valence-corrected chi connectivity index (χ2v) is 3.29. The van der Waals surface area contributed by atoms with E-state index in [0.29, 0.717) is 10.2 Å². The predicted molar refractivity (Wildman–Crippen MR) is 49.7 cm³/mol. The number of pyridine rings is 1. The molecular formula is C8H8BrNO3. The minimum atomic E-state index is -0.651. The summed E-state index contributed by atoms with van der Waals surface area (Å²) < 4.78 is 4.88. The fourth-order valence-corrected chi connectivity index (χ4v) is 1.38. The van der Waals surface area contributed by atoms with Gasteiger partial charge in [-0.15, -0.1) is 0 Å². The van der Waals surface area contributed by atoms with Crippen molar-refractivity contribution in [1.29, 1.82) is 0 Å². The number of aromatic hydroxyl groups is 1. The molecule has 1 aromatic heterocycles. The average Bonchev–Trinajstić information content (AvgIpc) is 2.10. The number of aryl methyl sites for hydroxylation is 1. The molecule has 0 aromatic carbocycles. The van der Waals surface area contributed by atoms with Gasteiger partial charge >= 0.3 is 5.97 Å². The molecule has 0 bridgehead atoms. The van der Waals surface area contributed by atoms with Gasteiger partial charge in [0.15, 0.2) is 11.4 Å². The fourth-order valence-electron chi connectivity index (χ4n) is 0.865. The number of hydrogen-bond acceptors (Lipinski definition) is 4. The van der Waals surface area contributed by atoms with Crippen LogP contribution >= 0.6 is 15.9 Å². The minimum Gasteiger partial charge on any atom is -0.504 e. The first-order valence-electron chi connectivity index (χ1n) is 3.50. The Balaban J connectivity index is 3.28. The third-order valence-electron chi connectivity index (χ3n) is 1.45. The lowest BCUT2D eigenvalue weighted by atomic mass is 10.3. The Kier molecular flexibility index (Phi) is 2.87. The molecule has 0 saturated carbocycles. The van der Waals surface area contributed by atoms with Crippen LogP contribution < -0.4 is 0 Å². The molecule has 0 unspecified atom stereocenters. The van der Waals surface area contributed by atoms with Crippen LogP contribution in [0.25, 0.3) is 0 Å². The molecule has 5 heteroatoms. The zero-order valence-electron chi connectivity index (χ0n) is 7.17. The second-order valence-electron chi connectivity index (χ2n) is 2.43. The molecule has 0 spiro atoms. The summed E-state index contributed by atoms with van der Waals surface area (Å²) in [6, 6.07) is 1.61. The maximum Gasteiger partial charge on any atom is 0.360 e. The summed E-state index contributed by atoms with van der Waals surface area (Å²) in [7, 11) is 1.24. The predicted octanol–water partition coefficient (Wildman–Crippen LogP) is 1.64. The van der Waals surface area contributed by atoms with E-state index in [1.807, 2.05) is 0 Å². The molecule has 0 atom stereocenters. The van der Waals surface area contributed by atoms with Crippen LogP contribution in [0.1, 0.15) is 16.2 Å². The molecule has 0 radical (unpaired) electrons. The molecule has 1 heterocycles. The number of ether oxygens (including phenoxy) is 1. The number of methoxy groups -OCH3 is 1. The summed E-state index contributed by atoms with van der Waals surface area (Å²) in [4.78, 5) is 14.9. The first-order chi connectivity index (χ1) is 6.06. The van der Waals surface area contributed by atoms with Gasteiger partial charge in [0.25, 0.3) is 0 Å². The van der Waals surface area contributed by atoms with E-state index in [-0.39, 0.29) is 11.4 Å². The zero-order valence-corrected chi connectivity index (χ0v) is 8.75. The van der Waals surface area contributed by atoms with E-state index in [9.17, 15) is 9.90 Å². The monoisotopic (exact) mass is 245 g/mol. The highest BCUT2D eigenvalue weighted by molar-refractivity contribution is 9.10. The van der Waals surface area contributed by atoms with Gasteiger partial charge in [0, 0.05) is 5.69 Å². The van der Waals surface area contributed by atoms with Crippen molar-refractivity contribution >= 4 is 21.9 Å². The number of nitrogens with zero attached hydrogens (tertiary/aromatic N) is 1. The smallest absolute Gasteiger partial charge is 0.360 e. The topological polar surface area (TPSA) is 59.4 Å². The van der Waals surface area contributed by atoms with Crippen molar-refractivity contribution in [3.63, 3.8) is 0 Å². The maximum atomic E-state index is 11.1. The summed E-state index contributed by atoms with van der Waals surface area (Å²) in [5.74, 6) is -0.848. The summed E-state index contributed by atoms with van der Waals surface area (Å²) >= 11 is 3.10. The van der Waals surface area contributed by atoms with Crippen LogP contribution in [0.5, 0.6) is 5.75 Å². The van der Waals surface area contributed by atoms with Gasteiger partial charge in [0.2, 0.25) is 0 Å². The highest BCUT2D eigenvalue weighted by Gasteiger charge is 2.16. The van der Waals surface area contributed by atoms with Crippen molar-refractivity contribution < 1.29 is 14.6 Å². The normalized spacial score (nSPS) is 9.77. The second kappa shape index (κ2) is 3.74. The van der Waals surface area contributed by atoms with E-state index in [1.165, 1.54) is 7.11 Å². The molecule has 0 aliphatic carbocycles. The van der Waals surface area contributed by atoms with Gasteiger partial charge in [0.1, 0.15) is 0 Å². The van der Waals surface area contributed by atoms with E-state index in [4.69, 9.17) is 0 Å². The molecule has 0 amide bonds. The highest BCUT2D eigenvalue weighted by atomic mass is 79.9. The molecule has 1 rings (SSSR count). The van der Waals surface area contributed by atoms with Crippen LogP contribution in [0.4, 0.5) is 0 Å². The molecule has 1 aromatic rings. The molecule has 70 valence electrons. The van der Waals surface area contributed by atoms with Gasteiger partial charge in [-0.2, -0.15) is 0 Å². The quantitative estimate of drug-likeness (QED) is 0.765. The summed E-state index contributed by atoms with van der Waals surface area (Å²) in [6.45, 7) is 1.72. The lowest BCUT2D eigenvalue weighted by molar-refractivity contribution is 0.0590. The molecule has 0 fully saturated rings. The largest absolute Gasteiger partial charge is 0.504 e. The number of halogens is 1. The van der Waals surface area contributed by atoms with Gasteiger partial charge in [-0.05, 0) is 28.9 Å². The third-order valence-corrected chi connectivity index (χ3v) is 2.06. The van der Waals surface area contributed by atoms with E-state index in [2.05, 4.69) is 25.7 Å². The lowest BCUT2D eigenvalue weighted by Gasteiger charge is -2.04. The van der Waals surface area contributed by atoms with E-state index in [0.717, 1.165) is 0 Å². The number of esters is 1. The summed E-state index contributed by atoms with van der Waals surface area (Å²) in [6.07, 6.45) is 0. The Labute approximate surface area is 83.7 Å². The molecule has 0 aliphatic rings. The molecule has 4 nitrogen and oxygen atoms in total. The van der Waals surface area contributed by atoms with Crippen LogP contribution in [0.15, 0.2) is 10.5 Å². The SMILES string of the molecule is COC(=O)c1nc(C)cc(Br)c1O. The molecule has 1 N–H and O–H groups in total.